The number of nitrogens with two attached hydrogens (primary N) is 3. The highest BCUT2D eigenvalue weighted by atomic mass is 33.1. The number of carboxylic acid groups (broad SMARTS) is 2. The molecule has 2 saturated heterocycles. The number of phenols is 1. The van der Waals surface area contributed by atoms with E-state index in [-0.39, 0.29) is 74.8 Å². The fourth-order valence-corrected chi connectivity index (χ4v) is 10.1. The van der Waals surface area contributed by atoms with Crippen LogP contribution in [0.25, 0.3) is 0 Å². The van der Waals surface area contributed by atoms with Gasteiger partial charge in [-0.25, -0.2) is 9.78 Å². The van der Waals surface area contributed by atoms with Gasteiger partial charge in [0.25, 0.3) is 0 Å². The topological polar surface area (TPSA) is 409 Å². The normalized spacial score (nSPS) is 19.9. The smallest absolute Gasteiger partial charge is 0.326 e. The number of benzene rings is 2. The predicted octanol–water partition coefficient (Wildman–Crippen LogP) is -2.62. The molecule has 3 heterocycles. The van der Waals surface area contributed by atoms with Crippen LogP contribution in [0.1, 0.15) is 48.9 Å². The van der Waals surface area contributed by atoms with Crippen molar-refractivity contribution in [3.8, 4) is 5.75 Å². The first-order valence-electron chi connectivity index (χ1n) is 22.8. The lowest BCUT2D eigenvalue weighted by Crippen LogP contribution is -2.61. The minimum atomic E-state index is -1.51. The molecule has 2 fully saturated rings. The number of aromatic nitrogens is 2. The number of carboxylic acids is 2. The first kappa shape index (κ1) is 55.5. The molecule has 1 aromatic heterocycles. The number of aliphatic imine (C=N–C) groups is 1. The highest BCUT2D eigenvalue weighted by Gasteiger charge is 2.40. The van der Waals surface area contributed by atoms with Crippen molar-refractivity contribution in [3.63, 3.8) is 0 Å². The van der Waals surface area contributed by atoms with Crippen molar-refractivity contribution < 1.29 is 58.5 Å². The van der Waals surface area contributed by atoms with Crippen LogP contribution in [0.2, 0.25) is 0 Å². The number of guanidine groups is 1. The number of imidazole rings is 1. The molecule has 0 radical (unpaired) electrons. The van der Waals surface area contributed by atoms with E-state index >= 15 is 0 Å². The molecule has 2 aromatic carbocycles. The van der Waals surface area contributed by atoms with Crippen LogP contribution in [0.5, 0.6) is 5.75 Å². The van der Waals surface area contributed by atoms with Crippen LogP contribution in [0, 0.1) is 0 Å². The third-order valence-electron chi connectivity index (χ3n) is 11.5. The van der Waals surface area contributed by atoms with E-state index in [0.717, 1.165) is 21.6 Å². The quantitative estimate of drug-likeness (QED) is 0.0212. The molecule has 5 rings (SSSR count). The highest BCUT2D eigenvalue weighted by Crippen LogP contribution is 2.25. The SMILES string of the molecule is NC(N)=NCCC[C@H](NC(=O)[C@@H](N)CC(=O)O)C(=O)N[C@H]1CSSC[C@@H](C(=O)N[C@@H](Cc2cnc[nH]2)C(=O)N2CCC[C@H]2C(=O)N[C@@H](Cc2ccccc2)C(=O)O)NC(=O)[C@H](Cc2ccc(O)cc2)NC1=O. The summed E-state index contributed by atoms with van der Waals surface area (Å²) < 4.78 is 0. The van der Waals surface area contributed by atoms with E-state index < -0.39 is 108 Å². The van der Waals surface area contributed by atoms with E-state index in [1.807, 2.05) is 0 Å². The standard InChI is InChI=1S/C45H59N13O12S2/c46-28(19-36(60)61)37(62)52-29(8-4-14-50-45(47)48)38(63)56-33-21-71-72-22-34(57-39(64)30(53-40(33)65)16-25-10-12-27(59)13-11-25)41(66)54-31(18-26-20-49-23-51-26)43(68)58-15-5-9-35(58)42(67)55-32(44(69)70)17-24-6-2-1-3-7-24/h1-3,6-7,10-13,20,23,28-35,59H,4-5,8-9,14-19,21-22,46H2,(H,49,51)(H,52,62)(H,53,65)(H,54,66)(H,55,67)(H,56,63)(H,57,64)(H,60,61)(H,69,70)(H4,47,48,50)/t28-,29-,30-,31-,32-,33-,34-,35-/m0/s1. The lowest BCUT2D eigenvalue weighted by atomic mass is 10.0. The fraction of sp³-hybridized carbons (Fsp3) is 0.444. The molecule has 3 aromatic rings. The highest BCUT2D eigenvalue weighted by molar-refractivity contribution is 8.76. The van der Waals surface area contributed by atoms with Gasteiger partial charge in [0.2, 0.25) is 41.4 Å². The van der Waals surface area contributed by atoms with Crippen molar-refractivity contribution in [2.75, 3.05) is 24.6 Å². The summed E-state index contributed by atoms with van der Waals surface area (Å²) in [6, 6.07) is 3.87. The Hall–Kier alpha value is -7.39. The number of aromatic amines is 1. The minimum absolute atomic E-state index is 0.00464. The number of likely N-dealkylation sites (tertiary alicyclic amines) is 1. The van der Waals surface area contributed by atoms with Crippen molar-refractivity contribution in [2.24, 2.45) is 22.2 Å². The number of hydrogen-bond acceptors (Lipinski definition) is 15. The van der Waals surface area contributed by atoms with Gasteiger partial charge in [-0.3, -0.25) is 43.3 Å². The molecule has 27 heteroatoms. The number of aromatic hydroxyl groups is 1. The average molecular weight is 1040 g/mol. The Kier molecular flexibility index (Phi) is 21.0. The Balaban J connectivity index is 1.36. The molecule has 388 valence electrons. The summed E-state index contributed by atoms with van der Waals surface area (Å²) in [5.41, 5.74) is 18.2. The Morgan fingerprint density at radius 2 is 1.54 bits per heavy atom. The van der Waals surface area contributed by atoms with Crippen LogP contribution in [-0.4, -0.2) is 162 Å². The third-order valence-corrected chi connectivity index (χ3v) is 13.9. The molecule has 16 N–H and O–H groups in total. The molecule has 2 aliphatic rings. The van der Waals surface area contributed by atoms with Crippen LogP contribution in [0.4, 0.5) is 0 Å². The van der Waals surface area contributed by atoms with Crippen molar-refractivity contribution in [1.82, 2.24) is 46.8 Å². The predicted molar refractivity (Wildman–Crippen MR) is 263 cm³/mol. The molecule has 25 nitrogen and oxygen atoms in total. The van der Waals surface area contributed by atoms with Gasteiger partial charge >= 0.3 is 11.9 Å². The molecule has 2 aliphatic heterocycles. The number of phenolic OH excluding ortho intramolecular Hbond substituents is 1. The zero-order valence-corrected chi connectivity index (χ0v) is 40.5. The number of nitrogens with one attached hydrogen (secondary N) is 7. The van der Waals surface area contributed by atoms with Gasteiger partial charge in [0.15, 0.2) is 5.96 Å². The van der Waals surface area contributed by atoms with Gasteiger partial charge in [-0.1, -0.05) is 64.1 Å². The summed E-state index contributed by atoms with van der Waals surface area (Å²) in [6.07, 6.45) is 2.53. The van der Waals surface area contributed by atoms with Gasteiger partial charge in [-0.15, -0.1) is 0 Å². The number of carbonyl (C=O) groups excluding carboxylic acids is 7. The molecule has 0 aliphatic carbocycles. The Bertz CT molecular complexity index is 2410. The number of rotatable bonds is 22. The molecule has 0 bridgehead atoms. The molecular formula is C45H59N13O12S2. The molecular weight excluding hydrogens is 979 g/mol. The van der Waals surface area contributed by atoms with Gasteiger partial charge in [0.1, 0.15) is 48.0 Å². The maximum absolute atomic E-state index is 14.5. The van der Waals surface area contributed by atoms with E-state index in [0.29, 0.717) is 23.2 Å². The average Bonchev–Trinajstić information content (AvgIpc) is 4.05. The summed E-state index contributed by atoms with van der Waals surface area (Å²) in [5, 5.41) is 44.8. The summed E-state index contributed by atoms with van der Waals surface area (Å²) in [5.74, 6) is -8.77. The second-order valence-corrected chi connectivity index (χ2v) is 19.5. The Labute approximate surface area is 420 Å². The maximum Gasteiger partial charge on any atom is 0.326 e. The van der Waals surface area contributed by atoms with Crippen molar-refractivity contribution in [3.05, 3.63) is 83.9 Å². The lowest BCUT2D eigenvalue weighted by Gasteiger charge is -2.30. The molecule has 0 unspecified atom stereocenters. The monoisotopic (exact) mass is 1040 g/mol. The van der Waals surface area contributed by atoms with Crippen molar-refractivity contribution in [1.29, 1.82) is 0 Å². The van der Waals surface area contributed by atoms with E-state index in [1.165, 1.54) is 41.7 Å². The van der Waals surface area contributed by atoms with E-state index in [9.17, 15) is 53.4 Å². The molecule has 0 saturated carbocycles. The Morgan fingerprint density at radius 3 is 2.21 bits per heavy atom. The Morgan fingerprint density at radius 1 is 0.833 bits per heavy atom. The minimum Gasteiger partial charge on any atom is -0.508 e. The largest absolute Gasteiger partial charge is 0.508 e. The second-order valence-electron chi connectivity index (χ2n) is 17.0. The van der Waals surface area contributed by atoms with Gasteiger partial charge < -0.3 is 74.3 Å². The van der Waals surface area contributed by atoms with Gasteiger partial charge in [-0.05, 0) is 48.9 Å². The summed E-state index contributed by atoms with van der Waals surface area (Å²) >= 11 is 0. The number of H-pyrrole nitrogens is 1. The van der Waals surface area contributed by atoms with Crippen LogP contribution in [-0.2, 0) is 62.4 Å². The number of nitrogens with zero attached hydrogens (tertiary/aromatic N) is 3. The number of hydrogen-bond donors (Lipinski definition) is 13. The summed E-state index contributed by atoms with van der Waals surface area (Å²) in [7, 11) is 2.11. The van der Waals surface area contributed by atoms with Gasteiger partial charge in [0, 0.05) is 55.7 Å². The molecule has 8 atom stereocenters. The zero-order valence-electron chi connectivity index (χ0n) is 38.9. The van der Waals surface area contributed by atoms with E-state index in [2.05, 4.69) is 46.9 Å². The summed E-state index contributed by atoms with van der Waals surface area (Å²) in [4.78, 5) is 133. The van der Waals surface area contributed by atoms with Crippen molar-refractivity contribution >= 4 is 80.8 Å². The maximum atomic E-state index is 14.5. The van der Waals surface area contributed by atoms with Gasteiger partial charge in [0.05, 0.1) is 18.8 Å². The lowest BCUT2D eigenvalue weighted by molar-refractivity contribution is -0.145. The van der Waals surface area contributed by atoms with Crippen LogP contribution in [0.3, 0.4) is 0 Å². The van der Waals surface area contributed by atoms with E-state index in [4.69, 9.17) is 22.3 Å². The van der Waals surface area contributed by atoms with Gasteiger partial charge in [-0.2, -0.15) is 0 Å². The fourth-order valence-electron chi connectivity index (χ4n) is 7.73. The van der Waals surface area contributed by atoms with E-state index in [1.54, 1.807) is 30.3 Å². The number of amides is 7. The van der Waals surface area contributed by atoms with Crippen molar-refractivity contribution in [2.45, 2.75) is 99.7 Å². The first-order chi connectivity index (χ1) is 34.4. The van der Waals surface area contributed by atoms with Crippen LogP contribution in [0.15, 0.2) is 72.1 Å². The number of aliphatic carboxylic acids is 2. The second kappa shape index (κ2) is 27.3. The zero-order chi connectivity index (χ0) is 52.3. The number of carbonyl (C=O) groups is 9. The van der Waals surface area contributed by atoms with Crippen LogP contribution >= 0.6 is 21.6 Å². The summed E-state index contributed by atoms with van der Waals surface area (Å²) in [6.45, 7) is 0.177. The molecule has 72 heavy (non-hydrogen) atoms. The molecule has 0 spiro atoms. The first-order valence-corrected chi connectivity index (χ1v) is 25.3. The van der Waals surface area contributed by atoms with Crippen LogP contribution < -0.4 is 49.1 Å². The third kappa shape index (κ3) is 17.2. The molecule has 7 amide bonds.